The number of anilines is 1. The van der Waals surface area contributed by atoms with Crippen molar-refractivity contribution in [3.05, 3.63) is 29.8 Å². The number of carbonyl (C=O) groups is 1. The molecule has 0 radical (unpaired) electrons. The molecule has 0 fully saturated rings. The van der Waals surface area contributed by atoms with Crippen LogP contribution < -0.4 is 5.32 Å². The summed E-state index contributed by atoms with van der Waals surface area (Å²) in [6.45, 7) is 0. The first-order valence-electron chi connectivity index (χ1n) is 3.68. The molecule has 0 spiro atoms. The molecular weight excluding hydrogens is 168 g/mol. The zero-order valence-corrected chi connectivity index (χ0v) is 6.82. The molecule has 0 unspecified atom stereocenters. The third-order valence-corrected chi connectivity index (χ3v) is 1.51. The maximum Gasteiger partial charge on any atom is 0.307 e. The second-order valence-electron chi connectivity index (χ2n) is 2.50. The predicted molar refractivity (Wildman–Crippen MR) is 47.0 cm³/mol. The fourth-order valence-electron chi connectivity index (χ4n) is 0.945. The number of benzene rings is 1. The Balaban J connectivity index is 2.70. The number of rotatable bonds is 3. The summed E-state index contributed by atoms with van der Waals surface area (Å²) in [4.78, 5) is 10.3. The van der Waals surface area contributed by atoms with Gasteiger partial charge in [0.15, 0.2) is 6.19 Å². The van der Waals surface area contributed by atoms with Crippen LogP contribution in [0.2, 0.25) is 0 Å². The quantitative estimate of drug-likeness (QED) is 0.536. The number of hydrogen-bond donors (Lipinski definition) is 2. The second-order valence-corrected chi connectivity index (χ2v) is 2.50. The average Bonchev–Trinajstić information content (AvgIpc) is 2.08. The molecule has 1 aromatic rings. The van der Waals surface area contributed by atoms with Crippen LogP contribution in [0.25, 0.3) is 0 Å². The minimum absolute atomic E-state index is 0.00678. The first-order chi connectivity index (χ1) is 6.22. The Morgan fingerprint density at radius 1 is 1.46 bits per heavy atom. The minimum atomic E-state index is -0.860. The Morgan fingerprint density at radius 3 is 2.54 bits per heavy atom. The Bertz CT molecular complexity index is 338. The normalized spacial score (nSPS) is 8.85. The van der Waals surface area contributed by atoms with Crippen molar-refractivity contribution in [2.75, 3.05) is 5.32 Å². The fourth-order valence-corrected chi connectivity index (χ4v) is 0.945. The summed E-state index contributed by atoms with van der Waals surface area (Å²) >= 11 is 0. The van der Waals surface area contributed by atoms with Gasteiger partial charge in [-0.15, -0.1) is 0 Å². The molecule has 0 saturated heterocycles. The first-order valence-corrected chi connectivity index (χ1v) is 3.68. The van der Waals surface area contributed by atoms with E-state index in [9.17, 15) is 4.79 Å². The average molecular weight is 176 g/mol. The van der Waals surface area contributed by atoms with E-state index in [1.807, 2.05) is 0 Å². The van der Waals surface area contributed by atoms with Gasteiger partial charge in [-0.25, -0.2) is 0 Å². The van der Waals surface area contributed by atoms with Crippen LogP contribution in [0.1, 0.15) is 5.56 Å². The van der Waals surface area contributed by atoms with Crippen molar-refractivity contribution < 1.29 is 9.90 Å². The molecule has 0 aliphatic rings. The number of carboxylic acids is 1. The first kappa shape index (κ1) is 9.07. The lowest BCUT2D eigenvalue weighted by atomic mass is 10.1. The van der Waals surface area contributed by atoms with Gasteiger partial charge in [0.05, 0.1) is 6.42 Å². The van der Waals surface area contributed by atoms with Crippen LogP contribution in [0.3, 0.4) is 0 Å². The molecule has 0 aliphatic heterocycles. The molecular formula is C9H8N2O2. The van der Waals surface area contributed by atoms with Crippen molar-refractivity contribution in [3.8, 4) is 6.19 Å². The number of carboxylic acid groups (broad SMARTS) is 1. The zero-order chi connectivity index (χ0) is 9.68. The monoisotopic (exact) mass is 176 g/mol. The zero-order valence-electron chi connectivity index (χ0n) is 6.82. The van der Waals surface area contributed by atoms with E-state index in [-0.39, 0.29) is 6.42 Å². The Kier molecular flexibility index (Phi) is 2.87. The second kappa shape index (κ2) is 4.12. The molecule has 0 aliphatic carbocycles. The van der Waals surface area contributed by atoms with Crippen LogP contribution in [0.5, 0.6) is 0 Å². The van der Waals surface area contributed by atoms with Gasteiger partial charge in [0.2, 0.25) is 0 Å². The van der Waals surface area contributed by atoms with E-state index in [4.69, 9.17) is 10.4 Å². The van der Waals surface area contributed by atoms with Gasteiger partial charge in [0, 0.05) is 5.69 Å². The van der Waals surface area contributed by atoms with Gasteiger partial charge in [-0.2, -0.15) is 5.26 Å². The third-order valence-electron chi connectivity index (χ3n) is 1.51. The maximum absolute atomic E-state index is 10.3. The van der Waals surface area contributed by atoms with Crippen molar-refractivity contribution in [1.82, 2.24) is 0 Å². The van der Waals surface area contributed by atoms with Crippen molar-refractivity contribution in [2.24, 2.45) is 0 Å². The lowest BCUT2D eigenvalue weighted by Crippen LogP contribution is -1.99. The molecule has 1 aromatic carbocycles. The van der Waals surface area contributed by atoms with E-state index < -0.39 is 5.97 Å². The largest absolute Gasteiger partial charge is 0.481 e. The van der Waals surface area contributed by atoms with Crippen LogP contribution in [-0.4, -0.2) is 11.1 Å². The molecule has 2 N–H and O–H groups in total. The SMILES string of the molecule is N#CNc1ccc(CC(=O)O)cc1. The van der Waals surface area contributed by atoms with E-state index >= 15 is 0 Å². The van der Waals surface area contributed by atoms with Crippen molar-refractivity contribution in [3.63, 3.8) is 0 Å². The summed E-state index contributed by atoms with van der Waals surface area (Å²) in [5, 5.41) is 19.2. The van der Waals surface area contributed by atoms with E-state index in [1.165, 1.54) is 0 Å². The van der Waals surface area contributed by atoms with Crippen LogP contribution >= 0.6 is 0 Å². The molecule has 0 heterocycles. The van der Waals surface area contributed by atoms with Gasteiger partial charge in [-0.3, -0.25) is 10.1 Å². The molecule has 4 nitrogen and oxygen atoms in total. The number of aliphatic carboxylic acids is 1. The van der Waals surface area contributed by atoms with E-state index in [2.05, 4.69) is 5.32 Å². The predicted octanol–water partition coefficient (Wildman–Crippen LogP) is 1.21. The molecule has 0 bridgehead atoms. The highest BCUT2D eigenvalue weighted by atomic mass is 16.4. The highest BCUT2D eigenvalue weighted by Crippen LogP contribution is 2.09. The number of nitrogens with one attached hydrogen (secondary N) is 1. The van der Waals surface area contributed by atoms with Crippen LogP contribution in [0.4, 0.5) is 5.69 Å². The Hall–Kier alpha value is -2.02. The number of nitrogens with zero attached hydrogens (tertiary/aromatic N) is 1. The summed E-state index contributed by atoms with van der Waals surface area (Å²) in [5.74, 6) is -0.860. The lowest BCUT2D eigenvalue weighted by molar-refractivity contribution is -0.136. The lowest BCUT2D eigenvalue weighted by Gasteiger charge is -1.98. The van der Waals surface area contributed by atoms with E-state index in [1.54, 1.807) is 30.5 Å². The van der Waals surface area contributed by atoms with Gasteiger partial charge >= 0.3 is 5.97 Å². The molecule has 13 heavy (non-hydrogen) atoms. The maximum atomic E-state index is 10.3. The third kappa shape index (κ3) is 2.83. The minimum Gasteiger partial charge on any atom is -0.481 e. The summed E-state index contributed by atoms with van der Waals surface area (Å²) in [6.07, 6.45) is 1.78. The molecule has 4 heteroatoms. The standard InChI is InChI=1S/C9H8N2O2/c10-6-11-8-3-1-7(2-4-8)5-9(12)13/h1-4,11H,5H2,(H,12,13). The van der Waals surface area contributed by atoms with Crippen LogP contribution in [0.15, 0.2) is 24.3 Å². The molecule has 0 amide bonds. The van der Waals surface area contributed by atoms with Crippen LogP contribution in [0, 0.1) is 11.5 Å². The van der Waals surface area contributed by atoms with E-state index in [0.29, 0.717) is 5.69 Å². The molecule has 0 aromatic heterocycles. The topological polar surface area (TPSA) is 73.1 Å². The Labute approximate surface area is 75.4 Å². The molecule has 0 atom stereocenters. The smallest absolute Gasteiger partial charge is 0.307 e. The van der Waals surface area contributed by atoms with Crippen molar-refractivity contribution >= 4 is 11.7 Å². The van der Waals surface area contributed by atoms with E-state index in [0.717, 1.165) is 5.56 Å². The molecule has 66 valence electrons. The highest BCUT2D eigenvalue weighted by Gasteiger charge is 1.99. The van der Waals surface area contributed by atoms with Gasteiger partial charge in [-0.1, -0.05) is 12.1 Å². The number of hydrogen-bond acceptors (Lipinski definition) is 3. The summed E-state index contributed by atoms with van der Waals surface area (Å²) < 4.78 is 0. The van der Waals surface area contributed by atoms with Crippen LogP contribution in [-0.2, 0) is 11.2 Å². The Morgan fingerprint density at radius 2 is 2.08 bits per heavy atom. The summed E-state index contributed by atoms with van der Waals surface area (Å²) in [6, 6.07) is 6.69. The highest BCUT2D eigenvalue weighted by molar-refractivity contribution is 5.70. The van der Waals surface area contributed by atoms with Gasteiger partial charge in [0.25, 0.3) is 0 Å². The number of nitriles is 1. The van der Waals surface area contributed by atoms with Gasteiger partial charge in [-0.05, 0) is 17.7 Å². The van der Waals surface area contributed by atoms with Crippen molar-refractivity contribution in [1.29, 1.82) is 5.26 Å². The summed E-state index contributed by atoms with van der Waals surface area (Å²) in [5.41, 5.74) is 1.38. The molecule has 0 saturated carbocycles. The fraction of sp³-hybridized carbons (Fsp3) is 0.111. The molecule has 1 rings (SSSR count). The summed E-state index contributed by atoms with van der Waals surface area (Å²) in [7, 11) is 0. The van der Waals surface area contributed by atoms with Gasteiger partial charge in [0.1, 0.15) is 0 Å². The van der Waals surface area contributed by atoms with Crippen molar-refractivity contribution in [2.45, 2.75) is 6.42 Å². The van der Waals surface area contributed by atoms with Gasteiger partial charge < -0.3 is 5.11 Å².